The van der Waals surface area contributed by atoms with Crippen LogP contribution in [0, 0.1) is 0 Å². The molecule has 17 heavy (non-hydrogen) atoms. The molecule has 1 aliphatic heterocycles. The average molecular weight is 254 g/mol. The molecule has 0 saturated carbocycles. The van der Waals surface area contributed by atoms with Crippen molar-refractivity contribution in [2.75, 3.05) is 11.4 Å². The van der Waals surface area contributed by atoms with Gasteiger partial charge in [0.15, 0.2) is 0 Å². The monoisotopic (exact) mass is 253 g/mol. The van der Waals surface area contributed by atoms with Crippen LogP contribution in [0.3, 0.4) is 0 Å². The summed E-state index contributed by atoms with van der Waals surface area (Å²) in [7, 11) is 0. The molecular formula is C13H16ClNO2. The Morgan fingerprint density at radius 3 is 3.06 bits per heavy atom. The molecule has 1 aromatic rings. The van der Waals surface area contributed by atoms with Crippen molar-refractivity contribution >= 4 is 23.2 Å². The highest BCUT2D eigenvalue weighted by Gasteiger charge is 2.27. The molecule has 4 heteroatoms. The van der Waals surface area contributed by atoms with Crippen LogP contribution in [0.4, 0.5) is 5.69 Å². The molecule has 1 amide bonds. The van der Waals surface area contributed by atoms with Crippen molar-refractivity contribution in [1.82, 2.24) is 0 Å². The third-order valence-corrected chi connectivity index (χ3v) is 3.27. The van der Waals surface area contributed by atoms with Crippen LogP contribution in [-0.2, 0) is 4.79 Å². The van der Waals surface area contributed by atoms with E-state index in [0.29, 0.717) is 24.4 Å². The summed E-state index contributed by atoms with van der Waals surface area (Å²) in [6.45, 7) is 2.56. The molecule has 1 atom stereocenters. The van der Waals surface area contributed by atoms with Crippen LogP contribution in [0.1, 0.15) is 37.9 Å². The Hall–Kier alpha value is -1.06. The second-order valence-electron chi connectivity index (χ2n) is 4.30. The van der Waals surface area contributed by atoms with Crippen LogP contribution < -0.4 is 4.90 Å². The van der Waals surface area contributed by atoms with Crippen molar-refractivity contribution in [3.05, 3.63) is 28.8 Å². The molecule has 92 valence electrons. The maximum atomic E-state index is 12.0. The second kappa shape index (κ2) is 5.07. The largest absolute Gasteiger partial charge is 0.388 e. The number of aliphatic hydroxyl groups excluding tert-OH is 1. The first-order valence-corrected chi connectivity index (χ1v) is 6.29. The van der Waals surface area contributed by atoms with Gasteiger partial charge in [-0.2, -0.15) is 0 Å². The number of nitrogens with zero attached hydrogens (tertiary/aromatic N) is 1. The van der Waals surface area contributed by atoms with Gasteiger partial charge < -0.3 is 10.0 Å². The third-order valence-electron chi connectivity index (χ3n) is 3.03. The van der Waals surface area contributed by atoms with E-state index in [4.69, 9.17) is 11.6 Å². The van der Waals surface area contributed by atoms with Crippen LogP contribution in [0.5, 0.6) is 0 Å². The highest BCUT2D eigenvalue weighted by atomic mass is 35.5. The van der Waals surface area contributed by atoms with Crippen LogP contribution >= 0.6 is 11.6 Å². The first kappa shape index (κ1) is 12.4. The molecule has 0 bridgehead atoms. The van der Waals surface area contributed by atoms with Crippen molar-refractivity contribution in [3.8, 4) is 0 Å². The zero-order chi connectivity index (χ0) is 12.4. The number of fused-ring (bicyclic) bond motifs is 1. The van der Waals surface area contributed by atoms with E-state index in [1.54, 1.807) is 17.0 Å². The van der Waals surface area contributed by atoms with Gasteiger partial charge in [-0.25, -0.2) is 0 Å². The van der Waals surface area contributed by atoms with Crippen molar-refractivity contribution in [1.29, 1.82) is 0 Å². The molecule has 1 unspecified atom stereocenters. The number of amides is 1. The van der Waals surface area contributed by atoms with Crippen LogP contribution in [0.25, 0.3) is 0 Å². The summed E-state index contributed by atoms with van der Waals surface area (Å²) < 4.78 is 0. The molecular weight excluding hydrogens is 238 g/mol. The number of rotatable bonds is 2. The number of aliphatic hydroxyl groups is 1. The lowest BCUT2D eigenvalue weighted by Gasteiger charge is -2.32. The summed E-state index contributed by atoms with van der Waals surface area (Å²) in [6, 6.07) is 5.31. The van der Waals surface area contributed by atoms with Gasteiger partial charge in [0.2, 0.25) is 5.91 Å². The molecule has 1 heterocycles. The van der Waals surface area contributed by atoms with E-state index in [1.807, 2.05) is 13.0 Å². The molecule has 2 rings (SSSR count). The first-order chi connectivity index (χ1) is 8.13. The molecule has 0 saturated heterocycles. The second-order valence-corrected chi connectivity index (χ2v) is 4.74. The van der Waals surface area contributed by atoms with Gasteiger partial charge in [-0.05, 0) is 31.0 Å². The lowest BCUT2D eigenvalue weighted by Crippen LogP contribution is -2.36. The van der Waals surface area contributed by atoms with E-state index in [2.05, 4.69) is 0 Å². The van der Waals surface area contributed by atoms with Gasteiger partial charge in [0.05, 0.1) is 6.10 Å². The number of hydrogen-bond acceptors (Lipinski definition) is 2. The lowest BCUT2D eigenvalue weighted by atomic mass is 9.98. The van der Waals surface area contributed by atoms with Gasteiger partial charge in [-0.15, -0.1) is 0 Å². The fourth-order valence-electron chi connectivity index (χ4n) is 2.17. The van der Waals surface area contributed by atoms with Crippen molar-refractivity contribution < 1.29 is 9.90 Å². The number of carbonyl (C=O) groups excluding carboxylic acids is 1. The number of hydrogen-bond donors (Lipinski definition) is 1. The maximum Gasteiger partial charge on any atom is 0.226 e. The third kappa shape index (κ3) is 2.45. The Labute approximate surface area is 106 Å². The molecule has 1 aliphatic rings. The molecule has 0 aliphatic carbocycles. The van der Waals surface area contributed by atoms with Crippen LogP contribution in [0.2, 0.25) is 5.02 Å². The summed E-state index contributed by atoms with van der Waals surface area (Å²) >= 11 is 5.92. The minimum atomic E-state index is -0.519. The highest BCUT2D eigenvalue weighted by molar-refractivity contribution is 6.30. The molecule has 0 aromatic heterocycles. The van der Waals surface area contributed by atoms with Crippen molar-refractivity contribution in [3.63, 3.8) is 0 Å². The molecule has 0 spiro atoms. The smallest absolute Gasteiger partial charge is 0.226 e. The van der Waals surface area contributed by atoms with E-state index >= 15 is 0 Å². The first-order valence-electron chi connectivity index (χ1n) is 5.91. The number of halogens is 1. The van der Waals surface area contributed by atoms with Gasteiger partial charge in [0.1, 0.15) is 0 Å². The Morgan fingerprint density at radius 1 is 1.59 bits per heavy atom. The highest BCUT2D eigenvalue weighted by Crippen LogP contribution is 2.35. The van der Waals surface area contributed by atoms with Gasteiger partial charge in [0.25, 0.3) is 0 Å². The summed E-state index contributed by atoms with van der Waals surface area (Å²) in [6.07, 6.45) is 1.43. The zero-order valence-electron chi connectivity index (χ0n) is 9.82. The molecule has 0 radical (unpaired) electrons. The van der Waals surface area contributed by atoms with Gasteiger partial charge in [-0.1, -0.05) is 18.5 Å². The van der Waals surface area contributed by atoms with Gasteiger partial charge >= 0.3 is 0 Å². The van der Waals surface area contributed by atoms with Gasteiger partial charge in [0, 0.05) is 29.2 Å². The molecule has 1 aromatic carbocycles. The fourth-order valence-corrected chi connectivity index (χ4v) is 2.35. The normalized spacial score (nSPS) is 19.0. The number of anilines is 1. The fraction of sp³-hybridized carbons (Fsp3) is 0.462. The Kier molecular flexibility index (Phi) is 3.69. The Bertz CT molecular complexity index is 433. The molecule has 3 nitrogen and oxygen atoms in total. The Balaban J connectivity index is 2.35. The topological polar surface area (TPSA) is 40.5 Å². The van der Waals surface area contributed by atoms with E-state index in [0.717, 1.165) is 17.7 Å². The molecule has 0 fully saturated rings. The van der Waals surface area contributed by atoms with E-state index in [-0.39, 0.29) is 5.91 Å². The van der Waals surface area contributed by atoms with E-state index < -0.39 is 6.10 Å². The van der Waals surface area contributed by atoms with Crippen LogP contribution in [0.15, 0.2) is 18.2 Å². The van der Waals surface area contributed by atoms with Gasteiger partial charge in [-0.3, -0.25) is 4.79 Å². The predicted molar refractivity (Wildman–Crippen MR) is 68.3 cm³/mol. The summed E-state index contributed by atoms with van der Waals surface area (Å²) in [5.74, 6) is 0.114. The summed E-state index contributed by atoms with van der Waals surface area (Å²) in [4.78, 5) is 13.7. The SMILES string of the molecule is CCCC(=O)N1CCC(O)c2cc(Cl)ccc21. The lowest BCUT2D eigenvalue weighted by molar-refractivity contribution is -0.118. The minimum Gasteiger partial charge on any atom is -0.388 e. The average Bonchev–Trinajstić information content (AvgIpc) is 2.30. The maximum absolute atomic E-state index is 12.0. The van der Waals surface area contributed by atoms with Crippen molar-refractivity contribution in [2.45, 2.75) is 32.3 Å². The van der Waals surface area contributed by atoms with Crippen molar-refractivity contribution in [2.24, 2.45) is 0 Å². The zero-order valence-corrected chi connectivity index (χ0v) is 10.6. The number of carbonyl (C=O) groups is 1. The summed E-state index contributed by atoms with van der Waals surface area (Å²) in [5.41, 5.74) is 1.56. The Morgan fingerprint density at radius 2 is 2.35 bits per heavy atom. The predicted octanol–water partition coefficient (Wildman–Crippen LogP) is 2.91. The van der Waals surface area contributed by atoms with E-state index in [9.17, 15) is 9.90 Å². The quantitative estimate of drug-likeness (QED) is 0.880. The molecule has 1 N–H and O–H groups in total. The summed E-state index contributed by atoms with van der Waals surface area (Å²) in [5, 5.41) is 10.5. The minimum absolute atomic E-state index is 0.114. The van der Waals surface area contributed by atoms with E-state index in [1.165, 1.54) is 0 Å². The standard InChI is InChI=1S/C13H16ClNO2/c1-2-3-13(17)15-7-6-12(16)10-8-9(14)4-5-11(10)15/h4-5,8,12,16H,2-3,6-7H2,1H3. The number of benzene rings is 1. The van der Waals surface area contributed by atoms with Crippen LogP contribution in [-0.4, -0.2) is 17.6 Å².